The Kier molecular flexibility index (Phi) is 4.10. The highest BCUT2D eigenvalue weighted by molar-refractivity contribution is 5.40. The normalized spacial score (nSPS) is 22.5. The van der Waals surface area contributed by atoms with E-state index in [0.29, 0.717) is 17.6 Å². The minimum atomic E-state index is 0.565. The molecule has 104 valence electrons. The molecule has 1 nitrogen and oxygen atoms in total. The van der Waals surface area contributed by atoms with Gasteiger partial charge >= 0.3 is 0 Å². The van der Waals surface area contributed by atoms with Gasteiger partial charge in [-0.05, 0) is 54.7 Å². The molecule has 1 aromatic carbocycles. The Morgan fingerprint density at radius 1 is 0.737 bits per heavy atom. The molecule has 0 heterocycles. The molecule has 19 heavy (non-hydrogen) atoms. The largest absolute Gasteiger partial charge is 0.508 e. The maximum atomic E-state index is 10.4. The van der Waals surface area contributed by atoms with Gasteiger partial charge in [-0.3, -0.25) is 0 Å². The first-order chi connectivity index (χ1) is 9.34. The Hall–Kier alpha value is -0.980. The molecule has 0 saturated heterocycles. The lowest BCUT2D eigenvalue weighted by molar-refractivity contribution is 0.410. The highest BCUT2D eigenvalue weighted by Crippen LogP contribution is 2.40. The average molecular weight is 258 g/mol. The third-order valence-electron chi connectivity index (χ3n) is 5.18. The van der Waals surface area contributed by atoms with Crippen molar-refractivity contribution in [2.75, 3.05) is 0 Å². The van der Waals surface area contributed by atoms with E-state index < -0.39 is 0 Å². The van der Waals surface area contributed by atoms with Gasteiger partial charge in [0.1, 0.15) is 5.75 Å². The van der Waals surface area contributed by atoms with Crippen LogP contribution in [0.2, 0.25) is 0 Å². The molecule has 3 rings (SSSR count). The van der Waals surface area contributed by atoms with Crippen LogP contribution < -0.4 is 0 Å². The Morgan fingerprint density at radius 3 is 1.89 bits per heavy atom. The van der Waals surface area contributed by atoms with Crippen LogP contribution in [0, 0.1) is 0 Å². The number of aromatic hydroxyl groups is 1. The zero-order valence-corrected chi connectivity index (χ0v) is 11.9. The molecule has 0 amide bonds. The van der Waals surface area contributed by atoms with Crippen LogP contribution in [0.4, 0.5) is 0 Å². The van der Waals surface area contributed by atoms with Crippen molar-refractivity contribution in [2.24, 2.45) is 0 Å². The van der Waals surface area contributed by atoms with Gasteiger partial charge < -0.3 is 5.11 Å². The van der Waals surface area contributed by atoms with Gasteiger partial charge in [-0.15, -0.1) is 0 Å². The fourth-order valence-electron chi connectivity index (χ4n) is 4.01. The lowest BCUT2D eigenvalue weighted by Gasteiger charge is -2.25. The van der Waals surface area contributed by atoms with Gasteiger partial charge in [0, 0.05) is 0 Å². The van der Waals surface area contributed by atoms with Gasteiger partial charge in [0.15, 0.2) is 0 Å². The van der Waals surface area contributed by atoms with E-state index >= 15 is 0 Å². The van der Waals surface area contributed by atoms with Crippen molar-refractivity contribution in [3.63, 3.8) is 0 Å². The van der Waals surface area contributed by atoms with Crippen molar-refractivity contribution in [1.82, 2.24) is 0 Å². The maximum Gasteiger partial charge on any atom is 0.119 e. The smallest absolute Gasteiger partial charge is 0.119 e. The van der Waals surface area contributed by atoms with Gasteiger partial charge in [0.05, 0.1) is 0 Å². The first kappa shape index (κ1) is 13.0. The van der Waals surface area contributed by atoms with Crippen LogP contribution in [0.3, 0.4) is 0 Å². The van der Waals surface area contributed by atoms with Crippen molar-refractivity contribution in [3.05, 3.63) is 29.3 Å². The van der Waals surface area contributed by atoms with E-state index in [9.17, 15) is 5.11 Å². The number of rotatable bonds is 2. The van der Waals surface area contributed by atoms with Gasteiger partial charge in [0.25, 0.3) is 0 Å². The van der Waals surface area contributed by atoms with Gasteiger partial charge in [0.2, 0.25) is 0 Å². The summed E-state index contributed by atoms with van der Waals surface area (Å²) < 4.78 is 0. The zero-order valence-electron chi connectivity index (χ0n) is 11.9. The second kappa shape index (κ2) is 5.98. The summed E-state index contributed by atoms with van der Waals surface area (Å²) in [5.74, 6) is 1.86. The van der Waals surface area contributed by atoms with E-state index in [4.69, 9.17) is 0 Å². The summed E-state index contributed by atoms with van der Waals surface area (Å²) in [4.78, 5) is 0. The van der Waals surface area contributed by atoms with E-state index in [2.05, 4.69) is 18.2 Å². The molecule has 2 saturated carbocycles. The number of hydrogen-bond acceptors (Lipinski definition) is 1. The Bertz CT molecular complexity index is 412. The Morgan fingerprint density at radius 2 is 1.32 bits per heavy atom. The Labute approximate surface area is 117 Å². The van der Waals surface area contributed by atoms with Crippen molar-refractivity contribution in [3.8, 4) is 5.75 Å². The molecule has 1 N–H and O–H groups in total. The third-order valence-corrected chi connectivity index (χ3v) is 5.18. The highest BCUT2D eigenvalue weighted by atomic mass is 16.3. The molecule has 0 bridgehead atoms. The summed E-state index contributed by atoms with van der Waals surface area (Å²) in [7, 11) is 0. The number of benzene rings is 1. The molecule has 0 radical (unpaired) electrons. The van der Waals surface area contributed by atoms with Crippen LogP contribution >= 0.6 is 0 Å². The van der Waals surface area contributed by atoms with E-state index in [1.165, 1.54) is 75.3 Å². The van der Waals surface area contributed by atoms with Crippen LogP contribution in [0.5, 0.6) is 5.75 Å². The summed E-state index contributed by atoms with van der Waals surface area (Å²) >= 11 is 0. The molecule has 0 unspecified atom stereocenters. The minimum absolute atomic E-state index is 0.565. The van der Waals surface area contributed by atoms with Gasteiger partial charge in [-0.1, -0.05) is 50.7 Å². The zero-order chi connectivity index (χ0) is 13.1. The standard InChI is InChI=1S/C18H26O/c19-18-13-16(14-7-3-1-4-8-14)11-12-17(18)15-9-5-2-6-10-15/h11-15,19H,1-10H2. The third kappa shape index (κ3) is 2.96. The van der Waals surface area contributed by atoms with Crippen LogP contribution in [0.1, 0.15) is 87.2 Å². The summed E-state index contributed by atoms with van der Waals surface area (Å²) in [5, 5.41) is 10.4. The monoisotopic (exact) mass is 258 g/mol. The van der Waals surface area contributed by atoms with Gasteiger partial charge in [-0.2, -0.15) is 0 Å². The quantitative estimate of drug-likeness (QED) is 0.744. The van der Waals surface area contributed by atoms with Crippen molar-refractivity contribution >= 4 is 0 Å². The fraction of sp³-hybridized carbons (Fsp3) is 0.667. The van der Waals surface area contributed by atoms with Crippen molar-refractivity contribution < 1.29 is 5.11 Å². The fourth-order valence-corrected chi connectivity index (χ4v) is 4.01. The molecule has 2 aliphatic rings. The van der Waals surface area contributed by atoms with E-state index in [-0.39, 0.29) is 0 Å². The molecule has 0 spiro atoms. The summed E-state index contributed by atoms with van der Waals surface area (Å²) in [5.41, 5.74) is 2.58. The number of phenols is 1. The first-order valence-electron chi connectivity index (χ1n) is 8.17. The van der Waals surface area contributed by atoms with Crippen LogP contribution in [0.25, 0.3) is 0 Å². The number of phenolic OH excluding ortho intramolecular Hbond substituents is 1. The average Bonchev–Trinajstić information content (AvgIpc) is 2.49. The lowest BCUT2D eigenvalue weighted by atomic mass is 9.80. The van der Waals surface area contributed by atoms with E-state index in [1.807, 2.05) is 0 Å². The van der Waals surface area contributed by atoms with Crippen molar-refractivity contribution in [2.45, 2.75) is 76.0 Å². The lowest BCUT2D eigenvalue weighted by Crippen LogP contribution is -2.07. The molecule has 2 fully saturated rings. The molecule has 1 heteroatoms. The minimum Gasteiger partial charge on any atom is -0.508 e. The van der Waals surface area contributed by atoms with Crippen LogP contribution in [0.15, 0.2) is 18.2 Å². The topological polar surface area (TPSA) is 20.2 Å². The predicted octanol–water partition coefficient (Wildman–Crippen LogP) is 5.49. The summed E-state index contributed by atoms with van der Waals surface area (Å²) in [6, 6.07) is 6.58. The molecular weight excluding hydrogens is 232 g/mol. The van der Waals surface area contributed by atoms with Gasteiger partial charge in [-0.25, -0.2) is 0 Å². The first-order valence-corrected chi connectivity index (χ1v) is 8.17. The summed E-state index contributed by atoms with van der Waals surface area (Å²) in [6.45, 7) is 0. The number of hydrogen-bond donors (Lipinski definition) is 1. The van der Waals surface area contributed by atoms with Crippen LogP contribution in [-0.2, 0) is 0 Å². The summed E-state index contributed by atoms with van der Waals surface area (Å²) in [6.07, 6.45) is 13.3. The van der Waals surface area contributed by atoms with Crippen LogP contribution in [-0.4, -0.2) is 5.11 Å². The molecule has 1 aromatic rings. The highest BCUT2D eigenvalue weighted by Gasteiger charge is 2.21. The molecule has 0 aliphatic heterocycles. The van der Waals surface area contributed by atoms with E-state index in [1.54, 1.807) is 0 Å². The maximum absolute atomic E-state index is 10.4. The molecular formula is C18H26O. The Balaban J connectivity index is 1.76. The molecule has 2 aliphatic carbocycles. The van der Waals surface area contributed by atoms with Crippen molar-refractivity contribution in [1.29, 1.82) is 0 Å². The second-order valence-corrected chi connectivity index (χ2v) is 6.49. The predicted molar refractivity (Wildman–Crippen MR) is 79.8 cm³/mol. The molecule has 0 aromatic heterocycles. The molecule has 0 atom stereocenters. The second-order valence-electron chi connectivity index (χ2n) is 6.49. The van der Waals surface area contributed by atoms with E-state index in [0.717, 1.165) is 0 Å². The SMILES string of the molecule is Oc1cc(C2CCCCC2)ccc1C1CCCCC1.